The van der Waals surface area contributed by atoms with Crippen molar-refractivity contribution in [3.8, 4) is 22.4 Å². The maximum atomic E-state index is 11.0. The average molecular weight is 685 g/mol. The zero-order valence-corrected chi connectivity index (χ0v) is 24.2. The van der Waals surface area contributed by atoms with Crippen LogP contribution < -0.4 is 0 Å². The van der Waals surface area contributed by atoms with Crippen LogP contribution in [0.15, 0.2) is 36.7 Å². The number of aryl methyl sites for hydroxylation is 2. The van der Waals surface area contributed by atoms with Crippen LogP contribution >= 0.6 is 11.6 Å². The van der Waals surface area contributed by atoms with E-state index in [-0.39, 0.29) is 31.9 Å². The van der Waals surface area contributed by atoms with Gasteiger partial charge in [-0.15, -0.1) is 0 Å². The number of hydrogen-bond donors (Lipinski definition) is 1. The van der Waals surface area contributed by atoms with Gasteiger partial charge in [0, 0.05) is 66.0 Å². The second-order valence-corrected chi connectivity index (χ2v) is 10.9. The Morgan fingerprint density at radius 1 is 1.14 bits per heavy atom. The fourth-order valence-corrected chi connectivity index (χ4v) is 6.58. The Balaban J connectivity index is 0.00000252. The zero-order valence-electron chi connectivity index (χ0n) is 20.7. The number of aromatic amines is 1. The Labute approximate surface area is 232 Å². The molecule has 3 aromatic heterocycles. The van der Waals surface area contributed by atoms with Gasteiger partial charge in [0.15, 0.2) is 0 Å². The summed E-state index contributed by atoms with van der Waals surface area (Å²) in [5.74, 6) is 0. The molecule has 0 atom stereocenters. The first-order chi connectivity index (χ1) is 17.4. The molecule has 2 aliphatic rings. The number of amides is 1. The Morgan fingerprint density at radius 3 is 2.68 bits per heavy atom. The number of carbonyl (C=O) groups excluding carboxylic acids is 1. The summed E-state index contributed by atoms with van der Waals surface area (Å²) >= 11 is 7.00. The molecule has 1 aliphatic carbocycles. The van der Waals surface area contributed by atoms with Gasteiger partial charge in [-0.2, -0.15) is 21.7 Å². The van der Waals surface area contributed by atoms with Crippen LogP contribution in [0.4, 0.5) is 0 Å². The molecule has 0 bridgehead atoms. The number of H-pyrrole nitrogens is 1. The number of rotatable bonds is 4. The summed E-state index contributed by atoms with van der Waals surface area (Å²) in [4.78, 5) is 12.7. The average Bonchev–Trinajstić information content (AvgIpc) is 3.51. The second kappa shape index (κ2) is 8.52. The van der Waals surface area contributed by atoms with E-state index in [4.69, 9.17) is 16.7 Å². The van der Waals surface area contributed by atoms with Crippen LogP contribution in [-0.4, -0.2) is 54.2 Å². The van der Waals surface area contributed by atoms with Crippen LogP contribution in [0.2, 0.25) is 5.02 Å². The van der Waals surface area contributed by atoms with Crippen molar-refractivity contribution >= 4 is 39.8 Å². The van der Waals surface area contributed by atoms with Gasteiger partial charge in [0.1, 0.15) is 5.69 Å². The third-order valence-corrected chi connectivity index (χ3v) is 8.64. The molecule has 1 saturated carbocycles. The van der Waals surface area contributed by atoms with E-state index in [9.17, 15) is 4.79 Å². The van der Waals surface area contributed by atoms with E-state index >= 15 is 0 Å². The van der Waals surface area contributed by atoms with Gasteiger partial charge in [-0.1, -0.05) is 17.7 Å². The van der Waals surface area contributed by atoms with Gasteiger partial charge in [-0.05, 0) is 63.5 Å². The van der Waals surface area contributed by atoms with Crippen LogP contribution in [0.5, 0.6) is 0 Å². The van der Waals surface area contributed by atoms with Gasteiger partial charge in [0.2, 0.25) is 0 Å². The Kier molecular flexibility index (Phi) is 5.61. The summed E-state index contributed by atoms with van der Waals surface area (Å²) in [7, 11) is 1.95. The Bertz CT molecular complexity index is 1690. The van der Waals surface area contributed by atoms with Crippen molar-refractivity contribution in [3.63, 3.8) is 0 Å². The predicted molar refractivity (Wildman–Crippen MR) is 139 cm³/mol. The molecule has 10 heteroatoms. The molecule has 1 aliphatic heterocycles. The molecule has 1 radical (unpaired) electrons. The third-order valence-electron chi connectivity index (χ3n) is 8.15. The maximum absolute atomic E-state index is 11.0. The SMILES string of the molecule is Cc1cc2[nH]ncc2c(-c2c(-c3ccc4c(cnn4C)c3)nn(C3CC4(C3)CN([C-]=O)C4)c2C)c1Cl.[Re]. The monoisotopic (exact) mass is 685 g/mol. The summed E-state index contributed by atoms with van der Waals surface area (Å²) in [5.41, 5.74) is 8.26. The second-order valence-electron chi connectivity index (χ2n) is 10.5. The van der Waals surface area contributed by atoms with Crippen molar-refractivity contribution in [1.29, 1.82) is 0 Å². The van der Waals surface area contributed by atoms with Gasteiger partial charge >= 0.3 is 0 Å². The van der Waals surface area contributed by atoms with Gasteiger partial charge < -0.3 is 9.69 Å². The standard InChI is InChI=1S/C27H25ClN7O.Re/c1-15-6-21-20(11-29-31-21)24(25(15)28)23-16(2)35(19-8-27(9-19)12-34(13-27)14-36)32-26(23)17-4-5-22-18(7-17)10-30-33(22)3;/h4-7,10-11,19H,8-9,12-13H2,1-3H3,(H,29,31);/q-1;. The fraction of sp³-hybridized carbons (Fsp3) is 0.333. The molecule has 4 heterocycles. The minimum Gasteiger partial charge on any atom is -0.520 e. The number of benzene rings is 2. The molecule has 0 unspecified atom stereocenters. The molecule has 37 heavy (non-hydrogen) atoms. The van der Waals surface area contributed by atoms with Crippen molar-refractivity contribution < 1.29 is 25.2 Å². The number of nitrogens with zero attached hydrogens (tertiary/aromatic N) is 6. The van der Waals surface area contributed by atoms with Gasteiger partial charge in [0.25, 0.3) is 0 Å². The quantitative estimate of drug-likeness (QED) is 0.272. The minimum absolute atomic E-state index is 0. The molecule has 1 amide bonds. The number of aromatic nitrogens is 6. The Hall–Kier alpha value is -2.99. The smallest absolute Gasteiger partial charge is 0.101 e. The van der Waals surface area contributed by atoms with Crippen molar-refractivity contribution in [2.24, 2.45) is 12.5 Å². The molecule has 1 saturated heterocycles. The summed E-state index contributed by atoms with van der Waals surface area (Å²) in [6.45, 7) is 5.75. The molecule has 2 aromatic carbocycles. The number of hydrogen-bond acceptors (Lipinski definition) is 4. The first-order valence-corrected chi connectivity index (χ1v) is 12.5. The molecule has 189 valence electrons. The number of nitrogens with one attached hydrogen (secondary N) is 1. The van der Waals surface area contributed by atoms with Crippen molar-refractivity contribution in [1.82, 2.24) is 34.7 Å². The predicted octanol–water partition coefficient (Wildman–Crippen LogP) is 4.95. The Morgan fingerprint density at radius 2 is 1.92 bits per heavy atom. The first kappa shape index (κ1) is 24.4. The van der Waals surface area contributed by atoms with Crippen molar-refractivity contribution in [2.75, 3.05) is 13.1 Å². The van der Waals surface area contributed by atoms with E-state index in [0.29, 0.717) is 0 Å². The molecular formula is C27H25ClN7ORe-. The van der Waals surface area contributed by atoms with Gasteiger partial charge in [-0.3, -0.25) is 14.5 Å². The minimum atomic E-state index is 0. The van der Waals surface area contributed by atoms with E-state index in [1.165, 1.54) is 0 Å². The van der Waals surface area contributed by atoms with Gasteiger partial charge in [0.05, 0.1) is 34.5 Å². The van der Waals surface area contributed by atoms with Crippen molar-refractivity contribution in [3.05, 3.63) is 52.9 Å². The molecular weight excluding hydrogens is 660 g/mol. The topological polar surface area (TPSA) is 84.6 Å². The van der Waals surface area contributed by atoms with Crippen LogP contribution in [0.1, 0.15) is 30.1 Å². The molecule has 1 N–H and O–H groups in total. The summed E-state index contributed by atoms with van der Waals surface area (Å²) in [6, 6.07) is 8.69. The molecule has 5 aromatic rings. The van der Waals surface area contributed by atoms with E-state index < -0.39 is 0 Å². The normalized spacial score (nSPS) is 16.7. The maximum Gasteiger partial charge on any atom is 0.101 e. The number of fused-ring (bicyclic) bond motifs is 2. The molecule has 7 rings (SSSR count). The van der Waals surface area contributed by atoms with E-state index in [2.05, 4.69) is 45.1 Å². The number of halogens is 1. The summed E-state index contributed by atoms with van der Waals surface area (Å²) in [5, 5.41) is 19.8. The summed E-state index contributed by atoms with van der Waals surface area (Å²) in [6.07, 6.45) is 7.77. The first-order valence-electron chi connectivity index (χ1n) is 12.1. The molecule has 1 spiro atoms. The van der Waals surface area contributed by atoms with Crippen LogP contribution in [0, 0.1) is 19.3 Å². The summed E-state index contributed by atoms with van der Waals surface area (Å²) < 4.78 is 4.06. The zero-order chi connectivity index (χ0) is 24.8. The van der Waals surface area contributed by atoms with E-state index in [1.54, 1.807) is 4.90 Å². The molecule has 8 nitrogen and oxygen atoms in total. The van der Waals surface area contributed by atoms with Crippen LogP contribution in [-0.2, 0) is 32.3 Å². The number of likely N-dealkylation sites (tertiary alicyclic amines) is 1. The largest absolute Gasteiger partial charge is 0.520 e. The van der Waals surface area contributed by atoms with Gasteiger partial charge in [-0.25, -0.2) is 0 Å². The van der Waals surface area contributed by atoms with Crippen molar-refractivity contribution in [2.45, 2.75) is 32.7 Å². The van der Waals surface area contributed by atoms with E-state index in [1.807, 2.05) is 43.5 Å². The van der Waals surface area contributed by atoms with Crippen LogP contribution in [0.25, 0.3) is 44.2 Å². The van der Waals surface area contributed by atoms with E-state index in [0.717, 1.165) is 86.4 Å². The third kappa shape index (κ3) is 3.52. The molecule has 2 fully saturated rings. The fourth-order valence-electron chi connectivity index (χ4n) is 6.33. The van der Waals surface area contributed by atoms with Crippen LogP contribution in [0.3, 0.4) is 0 Å².